The van der Waals surface area contributed by atoms with Crippen molar-refractivity contribution in [3.05, 3.63) is 0 Å². The third-order valence-corrected chi connectivity index (χ3v) is 8.24. The summed E-state index contributed by atoms with van der Waals surface area (Å²) in [4.78, 5) is 11.5. The lowest BCUT2D eigenvalue weighted by molar-refractivity contribution is -0.121. The fourth-order valence-corrected chi connectivity index (χ4v) is 6.86. The molecular weight excluding hydrogens is 318 g/mol. The van der Waals surface area contributed by atoms with Gasteiger partial charge in [-0.05, 0) is 99.7 Å². The molecule has 6 unspecified atom stereocenters. The average molecular weight is 353 g/mol. The zero-order valence-electron chi connectivity index (χ0n) is 15.5. The van der Waals surface area contributed by atoms with Gasteiger partial charge in [0.15, 0.2) is 0 Å². The number of carbonyl (C=O) groups is 1. The molecule has 1 nitrogen and oxygen atoms in total. The van der Waals surface area contributed by atoms with Gasteiger partial charge in [0.2, 0.25) is 0 Å². The number of fused-ring (bicyclic) bond motifs is 1. The number of hydrogen-bond donors (Lipinski definition) is 0. The van der Waals surface area contributed by atoms with Gasteiger partial charge in [-0.25, -0.2) is 8.78 Å². The van der Waals surface area contributed by atoms with Crippen LogP contribution in [0.4, 0.5) is 8.78 Å². The van der Waals surface area contributed by atoms with Crippen molar-refractivity contribution in [2.24, 2.45) is 35.5 Å². The van der Waals surface area contributed by atoms with E-state index in [2.05, 4.69) is 0 Å². The number of Topliss-reactive ketones (excluding diaryl/α,β-unsaturated/α-hetero) is 1. The predicted octanol–water partition coefficient (Wildman–Crippen LogP) is 6.05. The van der Waals surface area contributed by atoms with Gasteiger partial charge in [0.05, 0.1) is 0 Å². The Bertz CT molecular complexity index is 459. The molecule has 0 saturated heterocycles. The molecule has 0 amide bonds. The van der Waals surface area contributed by atoms with Crippen LogP contribution in [0.5, 0.6) is 0 Å². The Morgan fingerprint density at radius 1 is 0.520 bits per heavy atom. The zero-order valence-corrected chi connectivity index (χ0v) is 15.5. The molecule has 4 saturated carbocycles. The molecule has 3 heteroatoms. The van der Waals surface area contributed by atoms with E-state index in [1.165, 1.54) is 38.5 Å². The van der Waals surface area contributed by atoms with Crippen LogP contribution < -0.4 is 0 Å². The van der Waals surface area contributed by atoms with E-state index in [1.54, 1.807) is 0 Å². The summed E-state index contributed by atoms with van der Waals surface area (Å²) in [5.74, 6) is 4.61. The summed E-state index contributed by atoms with van der Waals surface area (Å²) >= 11 is 0. The van der Waals surface area contributed by atoms with Crippen molar-refractivity contribution in [3.63, 3.8) is 0 Å². The minimum absolute atomic E-state index is 0.140. The van der Waals surface area contributed by atoms with E-state index < -0.39 is 12.3 Å². The molecule has 4 fully saturated rings. The Hall–Kier alpha value is -0.470. The summed E-state index contributed by atoms with van der Waals surface area (Å²) in [6.07, 6.45) is 11.1. The Kier molecular flexibility index (Phi) is 5.48. The normalized spacial score (nSPS) is 46.6. The average Bonchev–Trinajstić information content (AvgIpc) is 2.60. The predicted molar refractivity (Wildman–Crippen MR) is 95.8 cm³/mol. The number of ketones is 1. The van der Waals surface area contributed by atoms with E-state index in [-0.39, 0.29) is 6.42 Å². The highest BCUT2D eigenvalue weighted by atomic mass is 19.1. The number of rotatable bonds is 2. The molecule has 0 aliphatic heterocycles. The van der Waals surface area contributed by atoms with Crippen LogP contribution in [-0.4, -0.2) is 18.1 Å². The second-order valence-corrected chi connectivity index (χ2v) is 9.70. The lowest BCUT2D eigenvalue weighted by Crippen LogP contribution is -2.38. The smallest absolute Gasteiger partial charge is 0.132 e. The van der Waals surface area contributed by atoms with Crippen molar-refractivity contribution in [1.29, 1.82) is 0 Å². The molecule has 0 bridgehead atoms. The van der Waals surface area contributed by atoms with E-state index in [0.717, 1.165) is 49.4 Å². The van der Waals surface area contributed by atoms with E-state index in [9.17, 15) is 13.6 Å². The molecule has 25 heavy (non-hydrogen) atoms. The Morgan fingerprint density at radius 2 is 0.960 bits per heavy atom. The van der Waals surface area contributed by atoms with Gasteiger partial charge in [0.1, 0.15) is 18.1 Å². The van der Waals surface area contributed by atoms with Gasteiger partial charge >= 0.3 is 0 Å². The van der Waals surface area contributed by atoms with Crippen LogP contribution in [0.25, 0.3) is 0 Å². The minimum Gasteiger partial charge on any atom is -0.300 e. The molecule has 4 aliphatic rings. The summed E-state index contributed by atoms with van der Waals surface area (Å²) in [6.45, 7) is 0. The van der Waals surface area contributed by atoms with Gasteiger partial charge in [-0.2, -0.15) is 0 Å². The number of carbonyl (C=O) groups excluding carboxylic acids is 1. The fourth-order valence-electron chi connectivity index (χ4n) is 6.86. The van der Waals surface area contributed by atoms with Crippen molar-refractivity contribution in [1.82, 2.24) is 0 Å². The van der Waals surface area contributed by atoms with Gasteiger partial charge in [-0.15, -0.1) is 0 Å². The molecule has 6 atom stereocenters. The molecule has 0 N–H and O–H groups in total. The van der Waals surface area contributed by atoms with Gasteiger partial charge in [-0.1, -0.05) is 0 Å². The molecular formula is C22H34F2O. The quantitative estimate of drug-likeness (QED) is 0.591. The van der Waals surface area contributed by atoms with E-state index in [1.807, 2.05) is 0 Å². The standard InChI is InChI=1S/C22H34F2O/c23-20-11-19(12-21(24)13-20)18-4-3-16-9-15(1-2-17(16)10-18)14-5-7-22(25)8-6-14/h14-21H,1-13H2. The maximum Gasteiger partial charge on any atom is 0.132 e. The highest BCUT2D eigenvalue weighted by Gasteiger charge is 2.42. The van der Waals surface area contributed by atoms with E-state index in [0.29, 0.717) is 30.5 Å². The number of halogens is 2. The van der Waals surface area contributed by atoms with Crippen LogP contribution in [0.15, 0.2) is 0 Å². The molecule has 142 valence electrons. The summed E-state index contributed by atoms with van der Waals surface area (Å²) in [7, 11) is 0. The highest BCUT2D eigenvalue weighted by Crippen LogP contribution is 2.51. The minimum atomic E-state index is -0.906. The molecule has 0 spiro atoms. The first-order valence-corrected chi connectivity index (χ1v) is 10.9. The van der Waals surface area contributed by atoms with Crippen molar-refractivity contribution in [2.45, 2.75) is 95.8 Å². The first-order valence-electron chi connectivity index (χ1n) is 10.9. The van der Waals surface area contributed by atoms with Crippen LogP contribution in [0.1, 0.15) is 83.5 Å². The van der Waals surface area contributed by atoms with Gasteiger partial charge in [0, 0.05) is 19.3 Å². The molecule has 0 aromatic rings. The molecule has 0 aromatic carbocycles. The van der Waals surface area contributed by atoms with E-state index in [4.69, 9.17) is 0 Å². The molecule has 0 radical (unpaired) electrons. The Labute approximate surface area is 151 Å². The molecule has 0 aromatic heterocycles. The Morgan fingerprint density at radius 3 is 1.48 bits per heavy atom. The van der Waals surface area contributed by atoms with Crippen LogP contribution in [0.2, 0.25) is 0 Å². The summed E-state index contributed by atoms with van der Waals surface area (Å²) in [6, 6.07) is 0. The SMILES string of the molecule is O=C1CCC(C2CCC3CC(C4CC(F)CC(F)C4)CCC3C2)CC1. The van der Waals surface area contributed by atoms with Crippen LogP contribution in [0, 0.1) is 35.5 Å². The van der Waals surface area contributed by atoms with Gasteiger partial charge < -0.3 is 0 Å². The maximum atomic E-state index is 13.8. The molecule has 4 rings (SSSR count). The summed E-state index contributed by atoms with van der Waals surface area (Å²) < 4.78 is 27.6. The molecule has 0 heterocycles. The van der Waals surface area contributed by atoms with Gasteiger partial charge in [-0.3, -0.25) is 4.79 Å². The largest absolute Gasteiger partial charge is 0.300 e. The third-order valence-electron chi connectivity index (χ3n) is 8.24. The van der Waals surface area contributed by atoms with Crippen LogP contribution >= 0.6 is 0 Å². The van der Waals surface area contributed by atoms with Crippen molar-refractivity contribution in [2.75, 3.05) is 0 Å². The second kappa shape index (κ2) is 7.64. The fraction of sp³-hybridized carbons (Fsp3) is 0.955. The van der Waals surface area contributed by atoms with Crippen LogP contribution in [0.3, 0.4) is 0 Å². The highest BCUT2D eigenvalue weighted by molar-refractivity contribution is 5.79. The van der Waals surface area contributed by atoms with Crippen molar-refractivity contribution >= 4 is 5.78 Å². The van der Waals surface area contributed by atoms with Gasteiger partial charge in [0.25, 0.3) is 0 Å². The van der Waals surface area contributed by atoms with Crippen molar-refractivity contribution < 1.29 is 13.6 Å². The first-order chi connectivity index (χ1) is 12.1. The van der Waals surface area contributed by atoms with Crippen molar-refractivity contribution in [3.8, 4) is 0 Å². The lowest BCUT2D eigenvalue weighted by Gasteiger charge is -2.47. The molecule has 4 aliphatic carbocycles. The summed E-state index contributed by atoms with van der Waals surface area (Å²) in [5.41, 5.74) is 0. The third kappa shape index (κ3) is 4.11. The topological polar surface area (TPSA) is 17.1 Å². The maximum absolute atomic E-state index is 13.8. The number of alkyl halides is 2. The van der Waals surface area contributed by atoms with E-state index >= 15 is 0 Å². The lowest BCUT2D eigenvalue weighted by atomic mass is 9.59. The number of hydrogen-bond acceptors (Lipinski definition) is 1. The second-order valence-electron chi connectivity index (χ2n) is 9.70. The Balaban J connectivity index is 1.30. The van der Waals surface area contributed by atoms with Crippen LogP contribution in [-0.2, 0) is 4.79 Å². The first kappa shape index (κ1) is 17.9. The monoisotopic (exact) mass is 352 g/mol. The summed E-state index contributed by atoms with van der Waals surface area (Å²) in [5, 5.41) is 0. The zero-order chi connectivity index (χ0) is 17.4.